The molecular weight excluding hydrogens is 272 g/mol. The first kappa shape index (κ1) is 13.5. The van der Waals surface area contributed by atoms with Crippen LogP contribution < -0.4 is 5.32 Å². The molecule has 1 N–H and O–H groups in total. The Balaban J connectivity index is 1.84. The first-order valence-corrected chi connectivity index (χ1v) is 7.02. The number of likely N-dealkylation sites (tertiary alicyclic amines) is 1. The van der Waals surface area contributed by atoms with Gasteiger partial charge in [0.1, 0.15) is 0 Å². The molecule has 1 aromatic rings. The summed E-state index contributed by atoms with van der Waals surface area (Å²) >= 11 is 7.12. The van der Waals surface area contributed by atoms with Crippen molar-refractivity contribution in [3.8, 4) is 0 Å². The van der Waals surface area contributed by atoms with Crippen LogP contribution in [0.25, 0.3) is 0 Å². The van der Waals surface area contributed by atoms with Gasteiger partial charge in [-0.1, -0.05) is 11.6 Å². The third kappa shape index (κ3) is 3.54. The van der Waals surface area contributed by atoms with Crippen LogP contribution in [0, 0.1) is 0 Å². The van der Waals surface area contributed by atoms with Crippen LogP contribution in [0.5, 0.6) is 0 Å². The Labute approximate surface area is 115 Å². The van der Waals surface area contributed by atoms with Crippen molar-refractivity contribution in [1.29, 1.82) is 0 Å². The van der Waals surface area contributed by atoms with Gasteiger partial charge in [0.2, 0.25) is 5.91 Å². The van der Waals surface area contributed by atoms with Crippen LogP contribution in [0.3, 0.4) is 0 Å². The zero-order chi connectivity index (χ0) is 13.1. The van der Waals surface area contributed by atoms with Crippen molar-refractivity contribution in [1.82, 2.24) is 10.2 Å². The predicted octanol–water partition coefficient (Wildman–Crippen LogP) is 1.79. The number of nitrogens with zero attached hydrogens (tertiary/aromatic N) is 1. The first-order chi connectivity index (χ1) is 8.54. The van der Waals surface area contributed by atoms with Crippen LogP contribution in [-0.4, -0.2) is 42.3 Å². The zero-order valence-corrected chi connectivity index (χ0v) is 11.7. The fourth-order valence-corrected chi connectivity index (χ4v) is 3.10. The number of carbonyl (C=O) groups excluding carboxylic acids is 2. The summed E-state index contributed by atoms with van der Waals surface area (Å²) in [7, 11) is 0. The molecule has 0 aromatic carbocycles. The van der Waals surface area contributed by atoms with Crippen molar-refractivity contribution < 1.29 is 9.59 Å². The Morgan fingerprint density at radius 2 is 2.33 bits per heavy atom. The number of hydrogen-bond donors (Lipinski definition) is 1. The summed E-state index contributed by atoms with van der Waals surface area (Å²) in [5.41, 5.74) is 0. The maximum Gasteiger partial charge on any atom is 0.217 e. The Kier molecular flexibility index (Phi) is 4.37. The lowest BCUT2D eigenvalue weighted by atomic mass is 10.2. The summed E-state index contributed by atoms with van der Waals surface area (Å²) in [5.74, 6) is 0.0774. The summed E-state index contributed by atoms with van der Waals surface area (Å²) < 4.78 is 0.635. The maximum atomic E-state index is 12.0. The lowest BCUT2D eigenvalue weighted by Crippen LogP contribution is -2.36. The highest BCUT2D eigenvalue weighted by molar-refractivity contribution is 7.18. The lowest BCUT2D eigenvalue weighted by molar-refractivity contribution is -0.119. The largest absolute Gasteiger partial charge is 0.352 e. The average molecular weight is 287 g/mol. The van der Waals surface area contributed by atoms with E-state index in [0.717, 1.165) is 19.5 Å². The van der Waals surface area contributed by atoms with E-state index in [1.165, 1.54) is 18.3 Å². The molecule has 4 nitrogen and oxygen atoms in total. The number of amides is 1. The topological polar surface area (TPSA) is 49.4 Å². The van der Waals surface area contributed by atoms with Gasteiger partial charge in [-0.15, -0.1) is 11.3 Å². The van der Waals surface area contributed by atoms with Crippen molar-refractivity contribution >= 4 is 34.6 Å². The summed E-state index contributed by atoms with van der Waals surface area (Å²) in [6, 6.07) is 3.67. The molecule has 18 heavy (non-hydrogen) atoms. The summed E-state index contributed by atoms with van der Waals surface area (Å²) in [5, 5.41) is 2.88. The normalized spacial score (nSPS) is 20.0. The molecule has 1 aromatic heterocycles. The van der Waals surface area contributed by atoms with Crippen molar-refractivity contribution in [3.05, 3.63) is 21.3 Å². The first-order valence-electron chi connectivity index (χ1n) is 5.82. The number of Topliss-reactive ketones (excluding diaryl/α,β-unsaturated/α-hetero) is 1. The standard InChI is InChI=1S/C12H15ClN2O2S/c1-8(16)14-9-4-5-15(6-9)7-10(17)11-2-3-12(13)18-11/h2-3,9H,4-7H2,1H3,(H,14,16). The minimum Gasteiger partial charge on any atom is -0.352 e. The van der Waals surface area contributed by atoms with E-state index in [4.69, 9.17) is 11.6 Å². The third-order valence-corrected chi connectivity index (χ3v) is 4.17. The SMILES string of the molecule is CC(=O)NC1CCN(CC(=O)c2ccc(Cl)s2)C1. The van der Waals surface area contributed by atoms with Crippen LogP contribution in [-0.2, 0) is 4.79 Å². The number of rotatable bonds is 4. The Morgan fingerprint density at radius 3 is 2.94 bits per heavy atom. The molecule has 0 spiro atoms. The number of halogens is 1. The monoisotopic (exact) mass is 286 g/mol. The Hall–Kier alpha value is -0.910. The van der Waals surface area contributed by atoms with E-state index >= 15 is 0 Å². The van der Waals surface area contributed by atoms with Gasteiger partial charge in [0, 0.05) is 26.1 Å². The van der Waals surface area contributed by atoms with Crippen LogP contribution >= 0.6 is 22.9 Å². The second-order valence-electron chi connectivity index (χ2n) is 4.45. The molecule has 2 rings (SSSR count). The molecule has 0 radical (unpaired) electrons. The van der Waals surface area contributed by atoms with E-state index in [0.29, 0.717) is 15.8 Å². The smallest absolute Gasteiger partial charge is 0.217 e. The molecule has 1 fully saturated rings. The molecule has 0 saturated carbocycles. The molecule has 6 heteroatoms. The molecule has 0 aliphatic carbocycles. The van der Waals surface area contributed by atoms with Crippen LogP contribution in [0.4, 0.5) is 0 Å². The van der Waals surface area contributed by atoms with Gasteiger partial charge in [0.25, 0.3) is 0 Å². The quantitative estimate of drug-likeness (QED) is 0.859. The molecule has 1 amide bonds. The molecule has 2 heterocycles. The van der Waals surface area contributed by atoms with E-state index in [9.17, 15) is 9.59 Å². The molecular formula is C12H15ClN2O2S. The number of ketones is 1. The molecule has 0 bridgehead atoms. The van der Waals surface area contributed by atoms with E-state index in [2.05, 4.69) is 10.2 Å². The highest BCUT2D eigenvalue weighted by Crippen LogP contribution is 2.22. The molecule has 1 aliphatic rings. The molecule has 1 aliphatic heterocycles. The minimum atomic E-state index is -0.0155. The van der Waals surface area contributed by atoms with Gasteiger partial charge < -0.3 is 5.32 Å². The Morgan fingerprint density at radius 1 is 1.56 bits per heavy atom. The summed E-state index contributed by atoms with van der Waals surface area (Å²) in [6.45, 7) is 3.49. The average Bonchev–Trinajstić information content (AvgIpc) is 2.87. The van der Waals surface area contributed by atoms with E-state index in [1.54, 1.807) is 12.1 Å². The van der Waals surface area contributed by atoms with Crippen LogP contribution in [0.2, 0.25) is 4.34 Å². The fraction of sp³-hybridized carbons (Fsp3) is 0.500. The van der Waals surface area contributed by atoms with Gasteiger partial charge in [0.05, 0.1) is 15.8 Å². The minimum absolute atomic E-state index is 0.0155. The predicted molar refractivity (Wildman–Crippen MR) is 72.3 cm³/mol. The highest BCUT2D eigenvalue weighted by Gasteiger charge is 2.25. The number of carbonyl (C=O) groups is 2. The third-order valence-electron chi connectivity index (χ3n) is 2.89. The lowest BCUT2D eigenvalue weighted by Gasteiger charge is -2.14. The van der Waals surface area contributed by atoms with Gasteiger partial charge in [-0.25, -0.2) is 0 Å². The summed E-state index contributed by atoms with van der Waals surface area (Å²) in [4.78, 5) is 25.7. The molecule has 1 atom stereocenters. The van der Waals surface area contributed by atoms with Crippen molar-refractivity contribution in [2.24, 2.45) is 0 Å². The van der Waals surface area contributed by atoms with Gasteiger partial charge in [0.15, 0.2) is 5.78 Å². The summed E-state index contributed by atoms with van der Waals surface area (Å²) in [6.07, 6.45) is 0.901. The van der Waals surface area contributed by atoms with Crippen LogP contribution in [0.1, 0.15) is 23.0 Å². The van der Waals surface area contributed by atoms with Crippen molar-refractivity contribution in [2.75, 3.05) is 19.6 Å². The highest BCUT2D eigenvalue weighted by atomic mass is 35.5. The van der Waals surface area contributed by atoms with Gasteiger partial charge in [-0.3, -0.25) is 14.5 Å². The van der Waals surface area contributed by atoms with Gasteiger partial charge >= 0.3 is 0 Å². The van der Waals surface area contributed by atoms with Crippen molar-refractivity contribution in [3.63, 3.8) is 0 Å². The number of nitrogens with one attached hydrogen (secondary N) is 1. The van der Waals surface area contributed by atoms with Crippen molar-refractivity contribution in [2.45, 2.75) is 19.4 Å². The van der Waals surface area contributed by atoms with Gasteiger partial charge in [-0.05, 0) is 18.6 Å². The van der Waals surface area contributed by atoms with E-state index in [1.807, 2.05) is 0 Å². The second kappa shape index (κ2) is 5.82. The fourth-order valence-electron chi connectivity index (χ4n) is 2.13. The number of hydrogen-bond acceptors (Lipinski definition) is 4. The van der Waals surface area contributed by atoms with E-state index in [-0.39, 0.29) is 17.7 Å². The van der Waals surface area contributed by atoms with Gasteiger partial charge in [-0.2, -0.15) is 0 Å². The molecule has 1 unspecified atom stereocenters. The number of thiophene rings is 1. The van der Waals surface area contributed by atoms with Crippen LogP contribution in [0.15, 0.2) is 12.1 Å². The zero-order valence-electron chi connectivity index (χ0n) is 10.1. The maximum absolute atomic E-state index is 12.0. The molecule has 98 valence electrons. The van der Waals surface area contributed by atoms with E-state index < -0.39 is 0 Å². The Bertz CT molecular complexity index is 461. The second-order valence-corrected chi connectivity index (χ2v) is 6.16. The molecule has 1 saturated heterocycles.